The molecule has 0 aromatic heterocycles. The van der Waals surface area contributed by atoms with Crippen molar-refractivity contribution >= 4 is 0 Å². The van der Waals surface area contributed by atoms with Gasteiger partial charge in [0, 0.05) is 12.6 Å². The first-order valence-corrected chi connectivity index (χ1v) is 7.87. The Morgan fingerprint density at radius 2 is 1.85 bits per heavy atom. The summed E-state index contributed by atoms with van der Waals surface area (Å²) in [5, 5.41) is 13.7. The molecule has 2 rings (SSSR count). The van der Waals surface area contributed by atoms with E-state index >= 15 is 0 Å². The smallest absolute Gasteiger partial charge is 0.123 e. The normalized spacial score (nSPS) is 19.8. The monoisotopic (exact) mass is 279 g/mol. The fourth-order valence-electron chi connectivity index (χ4n) is 3.25. The van der Waals surface area contributed by atoms with Crippen LogP contribution in [0.3, 0.4) is 0 Å². The van der Waals surface area contributed by atoms with Crippen LogP contribution in [0.15, 0.2) is 24.3 Å². The molecule has 0 aliphatic heterocycles. The first-order valence-electron chi connectivity index (χ1n) is 7.87. The van der Waals surface area contributed by atoms with Gasteiger partial charge in [0.25, 0.3) is 0 Å². The Morgan fingerprint density at radius 1 is 1.20 bits per heavy atom. The van der Waals surface area contributed by atoms with Crippen LogP contribution in [0, 0.1) is 11.7 Å². The second-order valence-electron chi connectivity index (χ2n) is 5.89. The molecule has 1 fully saturated rings. The van der Waals surface area contributed by atoms with Crippen LogP contribution in [0.2, 0.25) is 0 Å². The van der Waals surface area contributed by atoms with Gasteiger partial charge in [-0.2, -0.15) is 0 Å². The fraction of sp³-hybridized carbons (Fsp3) is 0.647. The zero-order valence-corrected chi connectivity index (χ0v) is 12.3. The molecule has 0 bridgehead atoms. The highest BCUT2D eigenvalue weighted by Crippen LogP contribution is 2.28. The number of hydrogen-bond donors (Lipinski definition) is 2. The van der Waals surface area contributed by atoms with Crippen LogP contribution in [0.5, 0.6) is 0 Å². The van der Waals surface area contributed by atoms with Gasteiger partial charge < -0.3 is 10.4 Å². The van der Waals surface area contributed by atoms with Crippen LogP contribution in [-0.2, 0) is 0 Å². The number of nitrogens with one attached hydrogen (secondary N) is 1. The van der Waals surface area contributed by atoms with Gasteiger partial charge in [0.15, 0.2) is 0 Å². The third kappa shape index (κ3) is 4.29. The molecule has 0 saturated heterocycles. The van der Waals surface area contributed by atoms with Crippen LogP contribution in [0.25, 0.3) is 0 Å². The SMILES string of the molecule is CCC(NCC(O)c1ccc(F)cc1)C1CCCCC1. The average Bonchev–Trinajstić information content (AvgIpc) is 2.49. The summed E-state index contributed by atoms with van der Waals surface area (Å²) in [7, 11) is 0. The minimum atomic E-state index is -0.562. The number of halogens is 1. The van der Waals surface area contributed by atoms with Gasteiger partial charge in [-0.25, -0.2) is 4.39 Å². The number of benzene rings is 1. The summed E-state index contributed by atoms with van der Waals surface area (Å²) in [6.45, 7) is 2.75. The third-order valence-electron chi connectivity index (χ3n) is 4.49. The van der Waals surface area contributed by atoms with Crippen molar-refractivity contribution in [2.75, 3.05) is 6.54 Å². The standard InChI is InChI=1S/C17H26FNO/c1-2-16(13-6-4-3-5-7-13)19-12-17(20)14-8-10-15(18)11-9-14/h8-11,13,16-17,19-20H,2-7,12H2,1H3. The first-order chi connectivity index (χ1) is 9.70. The van der Waals surface area contributed by atoms with Gasteiger partial charge in [-0.15, -0.1) is 0 Å². The van der Waals surface area contributed by atoms with E-state index in [9.17, 15) is 9.50 Å². The highest BCUT2D eigenvalue weighted by molar-refractivity contribution is 5.18. The van der Waals surface area contributed by atoms with Crippen molar-refractivity contribution in [1.29, 1.82) is 0 Å². The van der Waals surface area contributed by atoms with Gasteiger partial charge in [-0.05, 0) is 42.9 Å². The molecule has 1 aromatic rings. The average molecular weight is 279 g/mol. The molecule has 1 aromatic carbocycles. The van der Waals surface area contributed by atoms with E-state index in [0.717, 1.165) is 17.9 Å². The van der Waals surface area contributed by atoms with Gasteiger partial charge in [-0.3, -0.25) is 0 Å². The molecule has 3 heteroatoms. The Balaban J connectivity index is 1.84. The van der Waals surface area contributed by atoms with Gasteiger partial charge in [0.2, 0.25) is 0 Å². The lowest BCUT2D eigenvalue weighted by molar-refractivity contribution is 0.157. The molecule has 0 radical (unpaired) electrons. The second-order valence-corrected chi connectivity index (χ2v) is 5.89. The number of aliphatic hydroxyl groups excluding tert-OH is 1. The van der Waals surface area contributed by atoms with E-state index in [1.165, 1.54) is 44.2 Å². The van der Waals surface area contributed by atoms with Crippen LogP contribution >= 0.6 is 0 Å². The summed E-state index contributed by atoms with van der Waals surface area (Å²) in [4.78, 5) is 0. The molecule has 0 spiro atoms. The van der Waals surface area contributed by atoms with Crippen molar-refractivity contribution in [1.82, 2.24) is 5.32 Å². The van der Waals surface area contributed by atoms with Crippen molar-refractivity contribution in [3.63, 3.8) is 0 Å². The Bertz CT molecular complexity index is 386. The van der Waals surface area contributed by atoms with Gasteiger partial charge in [0.1, 0.15) is 5.82 Å². The molecule has 0 amide bonds. The zero-order chi connectivity index (χ0) is 14.4. The molecule has 1 saturated carbocycles. The number of aliphatic hydroxyl groups is 1. The molecule has 0 heterocycles. The third-order valence-corrected chi connectivity index (χ3v) is 4.49. The molecular weight excluding hydrogens is 253 g/mol. The summed E-state index contributed by atoms with van der Waals surface area (Å²) in [5.74, 6) is 0.483. The van der Waals surface area contributed by atoms with E-state index in [1.54, 1.807) is 12.1 Å². The summed E-state index contributed by atoms with van der Waals surface area (Å²) in [5.41, 5.74) is 0.775. The van der Waals surface area contributed by atoms with E-state index in [1.807, 2.05) is 0 Å². The maximum absolute atomic E-state index is 12.9. The van der Waals surface area contributed by atoms with Crippen LogP contribution < -0.4 is 5.32 Å². The molecular formula is C17H26FNO. The first kappa shape index (κ1) is 15.5. The van der Waals surface area contributed by atoms with E-state index < -0.39 is 6.10 Å². The highest BCUT2D eigenvalue weighted by atomic mass is 19.1. The van der Waals surface area contributed by atoms with Crippen LogP contribution in [0.4, 0.5) is 4.39 Å². The minimum absolute atomic E-state index is 0.262. The largest absolute Gasteiger partial charge is 0.387 e. The van der Waals surface area contributed by atoms with E-state index in [2.05, 4.69) is 12.2 Å². The lowest BCUT2D eigenvalue weighted by Crippen LogP contribution is -2.39. The molecule has 1 aliphatic rings. The Hall–Kier alpha value is -0.930. The summed E-state index contributed by atoms with van der Waals surface area (Å²) >= 11 is 0. The Morgan fingerprint density at radius 3 is 2.45 bits per heavy atom. The molecule has 112 valence electrons. The van der Waals surface area contributed by atoms with Crippen molar-refractivity contribution < 1.29 is 9.50 Å². The summed E-state index contributed by atoms with van der Waals surface area (Å²) < 4.78 is 12.9. The lowest BCUT2D eigenvalue weighted by Gasteiger charge is -2.31. The minimum Gasteiger partial charge on any atom is -0.387 e. The van der Waals surface area contributed by atoms with Gasteiger partial charge in [-0.1, -0.05) is 38.3 Å². The molecule has 2 unspecified atom stereocenters. The number of hydrogen-bond acceptors (Lipinski definition) is 2. The highest BCUT2D eigenvalue weighted by Gasteiger charge is 2.22. The summed E-state index contributed by atoms with van der Waals surface area (Å²) in [6, 6.07) is 6.60. The Kier molecular flexibility index (Phi) is 5.99. The van der Waals surface area contributed by atoms with Crippen molar-refractivity contribution in [2.45, 2.75) is 57.6 Å². The van der Waals surface area contributed by atoms with Crippen molar-refractivity contribution in [2.24, 2.45) is 5.92 Å². The zero-order valence-electron chi connectivity index (χ0n) is 12.3. The molecule has 2 nitrogen and oxygen atoms in total. The van der Waals surface area contributed by atoms with Crippen molar-refractivity contribution in [3.05, 3.63) is 35.6 Å². The fourth-order valence-corrected chi connectivity index (χ4v) is 3.25. The second kappa shape index (κ2) is 7.75. The lowest BCUT2D eigenvalue weighted by atomic mass is 9.83. The van der Waals surface area contributed by atoms with E-state index in [0.29, 0.717) is 12.6 Å². The van der Waals surface area contributed by atoms with Gasteiger partial charge >= 0.3 is 0 Å². The predicted octanol–water partition coefficient (Wildman–Crippen LogP) is 3.81. The maximum Gasteiger partial charge on any atom is 0.123 e. The molecule has 20 heavy (non-hydrogen) atoms. The Labute approximate surface area is 121 Å². The van der Waals surface area contributed by atoms with Crippen LogP contribution in [-0.4, -0.2) is 17.7 Å². The molecule has 2 N–H and O–H groups in total. The molecule has 1 aliphatic carbocycles. The van der Waals surface area contributed by atoms with Gasteiger partial charge in [0.05, 0.1) is 6.10 Å². The van der Waals surface area contributed by atoms with E-state index in [-0.39, 0.29) is 5.82 Å². The van der Waals surface area contributed by atoms with E-state index in [4.69, 9.17) is 0 Å². The molecule has 2 atom stereocenters. The number of rotatable bonds is 6. The maximum atomic E-state index is 12.9. The quantitative estimate of drug-likeness (QED) is 0.830. The van der Waals surface area contributed by atoms with Crippen molar-refractivity contribution in [3.8, 4) is 0 Å². The predicted molar refractivity (Wildman–Crippen MR) is 80.0 cm³/mol. The topological polar surface area (TPSA) is 32.3 Å². The van der Waals surface area contributed by atoms with Crippen LogP contribution in [0.1, 0.15) is 57.1 Å². The summed E-state index contributed by atoms with van der Waals surface area (Å²) in [6.07, 6.45) is 7.18.